The van der Waals surface area contributed by atoms with Crippen molar-refractivity contribution in [2.75, 3.05) is 32.7 Å². The highest BCUT2D eigenvalue weighted by atomic mass is 19.3. The monoisotopic (exact) mass is 691 g/mol. The van der Waals surface area contributed by atoms with Gasteiger partial charge in [-0.3, -0.25) is 38.5 Å². The fourth-order valence-corrected chi connectivity index (χ4v) is 5.97. The molecule has 0 bridgehead atoms. The first-order valence-corrected chi connectivity index (χ1v) is 16.0. The van der Waals surface area contributed by atoms with Crippen LogP contribution in [0.2, 0.25) is 0 Å². The minimum absolute atomic E-state index is 0.108. The number of likely N-dealkylation sites (tertiary alicyclic amines) is 1. The molecule has 2 aliphatic heterocycles. The molecule has 3 N–H and O–H groups in total. The molecule has 3 atom stereocenters. The number of hydrogen-bond acceptors (Lipinski definition) is 9. The standard InChI is InChI=1S/C33H43F2N5O9/c1-19(2)28(29(47)33(34,35)23(41)14-22-11-7-6-8-12-22)40(31(49)39-13-9-10-21(39)5)30(48)32(36,20(3)4)24(42)15-37-16-26(44)38(17-25(37)43)18-27(45)46/h6-8,11-12,19-21,28H,9-10,13-18,36H2,1-5H3,(H,45,46)/t21-,28+,32-/m1/s1. The van der Waals surface area contributed by atoms with Gasteiger partial charge in [-0.1, -0.05) is 58.0 Å². The Hall–Kier alpha value is -4.60. The molecule has 1 aromatic rings. The number of hydrogen-bond donors (Lipinski definition) is 2. The molecular weight excluding hydrogens is 648 g/mol. The van der Waals surface area contributed by atoms with Crippen LogP contribution >= 0.6 is 0 Å². The number of aliphatic carboxylic acids is 1. The Balaban J connectivity index is 2.05. The van der Waals surface area contributed by atoms with E-state index < -0.39 is 115 Å². The van der Waals surface area contributed by atoms with E-state index in [2.05, 4.69) is 0 Å². The van der Waals surface area contributed by atoms with Gasteiger partial charge in [0.1, 0.15) is 25.7 Å². The van der Waals surface area contributed by atoms with Crippen LogP contribution in [0.15, 0.2) is 30.3 Å². The molecule has 0 aromatic heterocycles. The summed E-state index contributed by atoms with van der Waals surface area (Å²) >= 11 is 0. The second-order valence-corrected chi connectivity index (χ2v) is 13.2. The molecule has 2 aliphatic rings. The minimum Gasteiger partial charge on any atom is -0.480 e. The van der Waals surface area contributed by atoms with E-state index in [9.17, 15) is 38.4 Å². The van der Waals surface area contributed by atoms with E-state index in [0.717, 1.165) is 9.80 Å². The van der Waals surface area contributed by atoms with Gasteiger partial charge >= 0.3 is 17.9 Å². The number of imide groups is 1. The number of carbonyl (C=O) groups is 8. The van der Waals surface area contributed by atoms with Gasteiger partial charge in [0.2, 0.25) is 23.4 Å². The molecule has 2 heterocycles. The van der Waals surface area contributed by atoms with Gasteiger partial charge in [0.25, 0.3) is 5.91 Å². The van der Waals surface area contributed by atoms with Crippen molar-refractivity contribution < 1.29 is 52.2 Å². The third kappa shape index (κ3) is 8.17. The molecule has 268 valence electrons. The molecular formula is C33H43F2N5O9. The highest BCUT2D eigenvalue weighted by Crippen LogP contribution is 2.31. The summed E-state index contributed by atoms with van der Waals surface area (Å²) in [5.41, 5.74) is 4.04. The predicted molar refractivity (Wildman–Crippen MR) is 169 cm³/mol. The number of nitrogens with zero attached hydrogens (tertiary/aromatic N) is 4. The van der Waals surface area contributed by atoms with Gasteiger partial charge in [0, 0.05) is 19.0 Å². The molecule has 0 aliphatic carbocycles. The lowest BCUT2D eigenvalue weighted by Crippen LogP contribution is -2.71. The van der Waals surface area contributed by atoms with E-state index in [1.54, 1.807) is 13.0 Å². The average Bonchev–Trinajstić information content (AvgIpc) is 3.46. The first kappa shape index (κ1) is 38.8. The highest BCUT2D eigenvalue weighted by Gasteiger charge is 2.58. The minimum atomic E-state index is -4.65. The first-order valence-electron chi connectivity index (χ1n) is 16.0. The Morgan fingerprint density at radius 1 is 0.939 bits per heavy atom. The molecule has 5 amide bonds. The van der Waals surface area contributed by atoms with Gasteiger partial charge in [0.05, 0.1) is 6.54 Å². The van der Waals surface area contributed by atoms with Crippen molar-refractivity contribution in [3.05, 3.63) is 35.9 Å². The second-order valence-electron chi connectivity index (χ2n) is 13.2. The number of carbonyl (C=O) groups excluding carboxylic acids is 7. The van der Waals surface area contributed by atoms with Crippen LogP contribution in [-0.2, 0) is 40.0 Å². The van der Waals surface area contributed by atoms with Crippen LogP contribution in [0.3, 0.4) is 0 Å². The third-order valence-corrected chi connectivity index (χ3v) is 9.01. The summed E-state index contributed by atoms with van der Waals surface area (Å²) in [5, 5.41) is 9.02. The van der Waals surface area contributed by atoms with Gasteiger partial charge in [0.15, 0.2) is 11.3 Å². The predicted octanol–water partition coefficient (Wildman–Crippen LogP) is 1.14. The van der Waals surface area contributed by atoms with Crippen molar-refractivity contribution in [2.24, 2.45) is 17.6 Å². The SMILES string of the molecule is CC(C)[C@@H](C(=O)C(F)(F)C(=O)Cc1ccccc1)N(C(=O)N1CCC[C@H]1C)C(=O)[C@](N)(C(=O)CN1CC(=O)N(CC(=O)O)CC1=O)C(C)C. The number of benzene rings is 1. The number of amides is 5. The van der Waals surface area contributed by atoms with Crippen LogP contribution in [0.1, 0.15) is 53.0 Å². The van der Waals surface area contributed by atoms with Crippen LogP contribution in [0.5, 0.6) is 0 Å². The fraction of sp³-hybridized carbons (Fsp3) is 0.576. The summed E-state index contributed by atoms with van der Waals surface area (Å²) in [6.07, 6.45) is 0.190. The van der Waals surface area contributed by atoms with Gasteiger partial charge < -0.3 is 25.5 Å². The van der Waals surface area contributed by atoms with E-state index in [1.807, 2.05) is 0 Å². The van der Waals surface area contributed by atoms with E-state index in [-0.39, 0.29) is 17.0 Å². The number of rotatable bonds is 14. The van der Waals surface area contributed by atoms with Crippen LogP contribution in [0.25, 0.3) is 0 Å². The van der Waals surface area contributed by atoms with Crippen LogP contribution < -0.4 is 5.73 Å². The Kier molecular flexibility index (Phi) is 12.1. The van der Waals surface area contributed by atoms with Gasteiger partial charge in [-0.15, -0.1) is 0 Å². The molecule has 2 fully saturated rings. The third-order valence-electron chi connectivity index (χ3n) is 9.01. The maximum Gasteiger partial charge on any atom is 0.364 e. The summed E-state index contributed by atoms with van der Waals surface area (Å²) < 4.78 is 31.6. The molecule has 49 heavy (non-hydrogen) atoms. The summed E-state index contributed by atoms with van der Waals surface area (Å²) in [4.78, 5) is 109. The van der Waals surface area contributed by atoms with Crippen molar-refractivity contribution in [3.8, 4) is 0 Å². The number of nitrogens with two attached hydrogens (primary N) is 1. The molecule has 0 unspecified atom stereocenters. The first-order chi connectivity index (χ1) is 22.7. The van der Waals surface area contributed by atoms with Crippen LogP contribution in [0, 0.1) is 11.8 Å². The Labute approximate surface area is 282 Å². The van der Waals surface area contributed by atoms with Crippen LogP contribution in [-0.4, -0.2) is 128 Å². The van der Waals surface area contributed by atoms with Crippen molar-refractivity contribution in [2.45, 2.75) is 77.4 Å². The largest absolute Gasteiger partial charge is 0.480 e. The molecule has 0 saturated carbocycles. The number of halogens is 2. The van der Waals surface area contributed by atoms with Gasteiger partial charge in [-0.05, 0) is 37.2 Å². The lowest BCUT2D eigenvalue weighted by atomic mass is 9.80. The van der Waals surface area contributed by atoms with E-state index in [0.29, 0.717) is 12.8 Å². The lowest BCUT2D eigenvalue weighted by Gasteiger charge is -2.42. The highest BCUT2D eigenvalue weighted by molar-refractivity contribution is 6.19. The number of carboxylic acid groups (broad SMARTS) is 1. The topological polar surface area (TPSA) is 196 Å². The van der Waals surface area contributed by atoms with Gasteiger partial charge in [-0.25, -0.2) is 4.79 Å². The average molecular weight is 692 g/mol. The normalized spacial score (nSPS) is 18.8. The summed E-state index contributed by atoms with van der Waals surface area (Å²) in [7, 11) is 0. The summed E-state index contributed by atoms with van der Waals surface area (Å²) in [6, 6.07) is 3.66. The molecule has 1 aromatic carbocycles. The smallest absolute Gasteiger partial charge is 0.364 e. The molecule has 0 radical (unpaired) electrons. The second kappa shape index (κ2) is 15.3. The zero-order valence-corrected chi connectivity index (χ0v) is 28.2. The maximum absolute atomic E-state index is 15.8. The lowest BCUT2D eigenvalue weighted by molar-refractivity contribution is -0.164. The van der Waals surface area contributed by atoms with Crippen molar-refractivity contribution in [1.29, 1.82) is 0 Å². The Bertz CT molecular complexity index is 1500. The molecule has 14 nitrogen and oxygen atoms in total. The number of urea groups is 1. The quantitative estimate of drug-likeness (QED) is 0.267. The number of carboxylic acids is 1. The number of piperazine rings is 1. The van der Waals surface area contributed by atoms with E-state index in [1.165, 1.54) is 56.9 Å². The zero-order valence-electron chi connectivity index (χ0n) is 28.2. The summed E-state index contributed by atoms with van der Waals surface area (Å²) in [6.45, 7) is 4.01. The molecule has 0 spiro atoms. The number of ketones is 3. The Morgan fingerprint density at radius 3 is 1.96 bits per heavy atom. The summed E-state index contributed by atoms with van der Waals surface area (Å²) in [5.74, 6) is -16.4. The van der Waals surface area contributed by atoms with E-state index in [4.69, 9.17) is 10.8 Å². The zero-order chi connectivity index (χ0) is 37.0. The van der Waals surface area contributed by atoms with E-state index >= 15 is 8.78 Å². The number of alkyl halides is 2. The fourth-order valence-electron chi connectivity index (χ4n) is 5.97. The number of Topliss-reactive ketones (excluding diaryl/α,β-unsaturated/α-hetero) is 3. The maximum atomic E-state index is 15.8. The van der Waals surface area contributed by atoms with Crippen molar-refractivity contribution >= 4 is 47.1 Å². The van der Waals surface area contributed by atoms with Crippen molar-refractivity contribution in [3.63, 3.8) is 0 Å². The van der Waals surface area contributed by atoms with Crippen LogP contribution in [0.4, 0.5) is 13.6 Å². The van der Waals surface area contributed by atoms with Crippen molar-refractivity contribution in [1.82, 2.24) is 19.6 Å². The molecule has 2 saturated heterocycles. The Morgan fingerprint density at radius 2 is 1.49 bits per heavy atom. The molecule has 3 rings (SSSR count). The molecule has 16 heteroatoms. The van der Waals surface area contributed by atoms with Gasteiger partial charge in [-0.2, -0.15) is 8.78 Å².